The van der Waals surface area contributed by atoms with Crippen LogP contribution in [0.15, 0.2) is 24.3 Å². The molecule has 3 nitrogen and oxygen atoms in total. The molecule has 0 saturated heterocycles. The summed E-state index contributed by atoms with van der Waals surface area (Å²) >= 11 is 0. The lowest BCUT2D eigenvalue weighted by atomic mass is 10.2. The van der Waals surface area contributed by atoms with Gasteiger partial charge in [-0.3, -0.25) is 0 Å². The monoisotopic (exact) mass is 176 g/mol. The van der Waals surface area contributed by atoms with Crippen molar-refractivity contribution in [3.8, 4) is 11.8 Å². The Morgan fingerprint density at radius 3 is 3.08 bits per heavy atom. The summed E-state index contributed by atoms with van der Waals surface area (Å²) in [6, 6.07) is 9.80. The maximum atomic E-state index is 8.31. The summed E-state index contributed by atoms with van der Waals surface area (Å²) < 4.78 is 5.07. The summed E-state index contributed by atoms with van der Waals surface area (Å²) in [4.78, 5) is 0. The van der Waals surface area contributed by atoms with Crippen molar-refractivity contribution in [2.45, 2.75) is 6.54 Å². The summed E-state index contributed by atoms with van der Waals surface area (Å²) in [6.07, 6.45) is 0. The highest BCUT2D eigenvalue weighted by atomic mass is 16.5. The van der Waals surface area contributed by atoms with Gasteiger partial charge in [0.2, 0.25) is 0 Å². The van der Waals surface area contributed by atoms with Gasteiger partial charge in [-0.25, -0.2) is 0 Å². The molecule has 13 heavy (non-hydrogen) atoms. The molecule has 0 aliphatic rings. The summed E-state index contributed by atoms with van der Waals surface area (Å²) in [5.41, 5.74) is 1.12. The van der Waals surface area contributed by atoms with Gasteiger partial charge in [0.05, 0.1) is 19.7 Å². The average molecular weight is 176 g/mol. The molecule has 0 atom stereocenters. The van der Waals surface area contributed by atoms with Crippen molar-refractivity contribution in [2.75, 3.05) is 13.7 Å². The molecule has 0 radical (unpaired) electrons. The first kappa shape index (κ1) is 9.56. The zero-order chi connectivity index (χ0) is 9.52. The van der Waals surface area contributed by atoms with Crippen molar-refractivity contribution >= 4 is 0 Å². The van der Waals surface area contributed by atoms with Crippen molar-refractivity contribution in [3.05, 3.63) is 29.8 Å². The van der Waals surface area contributed by atoms with Crippen LogP contribution in [-0.4, -0.2) is 13.7 Å². The van der Waals surface area contributed by atoms with E-state index in [0.717, 1.165) is 11.3 Å². The third-order valence-corrected chi connectivity index (χ3v) is 1.67. The van der Waals surface area contributed by atoms with E-state index in [4.69, 9.17) is 10.00 Å². The van der Waals surface area contributed by atoms with Gasteiger partial charge < -0.3 is 10.1 Å². The predicted molar refractivity (Wildman–Crippen MR) is 50.3 cm³/mol. The predicted octanol–water partition coefficient (Wildman–Crippen LogP) is 1.31. The SMILES string of the molecule is COc1cccc(CNCC#N)c1. The van der Waals surface area contributed by atoms with Crippen LogP contribution in [-0.2, 0) is 6.54 Å². The first-order valence-electron chi connectivity index (χ1n) is 4.07. The number of nitrogens with zero attached hydrogens (tertiary/aromatic N) is 1. The van der Waals surface area contributed by atoms with Gasteiger partial charge in [0.1, 0.15) is 5.75 Å². The lowest BCUT2D eigenvalue weighted by molar-refractivity contribution is 0.414. The Morgan fingerprint density at radius 2 is 2.38 bits per heavy atom. The van der Waals surface area contributed by atoms with Gasteiger partial charge in [-0.1, -0.05) is 12.1 Å². The molecular formula is C10H12N2O. The van der Waals surface area contributed by atoms with Gasteiger partial charge in [0.15, 0.2) is 0 Å². The van der Waals surface area contributed by atoms with Gasteiger partial charge >= 0.3 is 0 Å². The minimum Gasteiger partial charge on any atom is -0.497 e. The number of rotatable bonds is 4. The van der Waals surface area contributed by atoms with Crippen LogP contribution >= 0.6 is 0 Å². The Labute approximate surface area is 77.9 Å². The molecule has 0 amide bonds. The van der Waals surface area contributed by atoms with Crippen LogP contribution in [0.3, 0.4) is 0 Å². The number of ether oxygens (including phenoxy) is 1. The molecule has 0 aliphatic heterocycles. The Bertz CT molecular complexity index is 304. The third kappa shape index (κ3) is 3.14. The molecular weight excluding hydrogens is 164 g/mol. The lowest BCUT2D eigenvalue weighted by Crippen LogP contribution is -2.12. The number of nitrogens with one attached hydrogen (secondary N) is 1. The molecule has 3 heteroatoms. The van der Waals surface area contributed by atoms with Crippen LogP contribution in [0, 0.1) is 11.3 Å². The summed E-state index contributed by atoms with van der Waals surface area (Å²) in [7, 11) is 1.64. The second-order valence-electron chi connectivity index (χ2n) is 2.61. The molecule has 1 aromatic rings. The lowest BCUT2D eigenvalue weighted by Gasteiger charge is -2.03. The van der Waals surface area contributed by atoms with Crippen molar-refractivity contribution < 1.29 is 4.74 Å². The topological polar surface area (TPSA) is 45.0 Å². The maximum absolute atomic E-state index is 8.31. The standard InChI is InChI=1S/C10H12N2O/c1-13-10-4-2-3-9(7-10)8-12-6-5-11/h2-4,7,12H,6,8H2,1H3. The second kappa shape index (κ2) is 5.18. The van der Waals surface area contributed by atoms with E-state index in [1.807, 2.05) is 30.3 Å². The van der Waals surface area contributed by atoms with E-state index < -0.39 is 0 Å². The molecule has 0 saturated carbocycles. The first-order chi connectivity index (χ1) is 6.36. The summed E-state index contributed by atoms with van der Waals surface area (Å²) in [5, 5.41) is 11.3. The zero-order valence-electron chi connectivity index (χ0n) is 7.58. The highest BCUT2D eigenvalue weighted by Gasteiger charge is 1.94. The Morgan fingerprint density at radius 1 is 1.54 bits per heavy atom. The van der Waals surface area contributed by atoms with E-state index in [9.17, 15) is 0 Å². The molecule has 0 aromatic heterocycles. The fraction of sp³-hybridized carbons (Fsp3) is 0.300. The smallest absolute Gasteiger partial charge is 0.119 e. The first-order valence-corrected chi connectivity index (χ1v) is 4.07. The van der Waals surface area contributed by atoms with Gasteiger partial charge in [-0.2, -0.15) is 5.26 Å². The van der Waals surface area contributed by atoms with Crippen molar-refractivity contribution in [1.82, 2.24) is 5.32 Å². The van der Waals surface area contributed by atoms with Crippen LogP contribution in [0.5, 0.6) is 5.75 Å². The third-order valence-electron chi connectivity index (χ3n) is 1.67. The minimum atomic E-state index is 0.372. The molecule has 0 heterocycles. The van der Waals surface area contributed by atoms with E-state index in [-0.39, 0.29) is 0 Å². The van der Waals surface area contributed by atoms with Gasteiger partial charge in [-0.05, 0) is 17.7 Å². The Hall–Kier alpha value is -1.53. The fourth-order valence-electron chi connectivity index (χ4n) is 1.05. The highest BCUT2D eigenvalue weighted by Crippen LogP contribution is 2.11. The van der Waals surface area contributed by atoms with Crippen LogP contribution in [0.25, 0.3) is 0 Å². The normalized spacial score (nSPS) is 9.23. The Kier molecular flexibility index (Phi) is 3.80. The highest BCUT2D eigenvalue weighted by molar-refractivity contribution is 5.28. The molecule has 0 aliphatic carbocycles. The van der Waals surface area contributed by atoms with Crippen LogP contribution < -0.4 is 10.1 Å². The summed E-state index contributed by atoms with van der Waals surface area (Å²) in [6.45, 7) is 1.07. The largest absolute Gasteiger partial charge is 0.497 e. The van der Waals surface area contributed by atoms with Crippen LogP contribution in [0.1, 0.15) is 5.56 Å². The van der Waals surface area contributed by atoms with E-state index in [1.165, 1.54) is 0 Å². The van der Waals surface area contributed by atoms with Gasteiger partial charge in [0, 0.05) is 6.54 Å². The Balaban J connectivity index is 2.52. The zero-order valence-corrected chi connectivity index (χ0v) is 7.58. The van der Waals surface area contributed by atoms with Gasteiger partial charge in [0.25, 0.3) is 0 Å². The summed E-state index contributed by atoms with van der Waals surface area (Å²) in [5.74, 6) is 0.844. The average Bonchev–Trinajstić information content (AvgIpc) is 2.19. The van der Waals surface area contributed by atoms with E-state index >= 15 is 0 Å². The molecule has 68 valence electrons. The number of hydrogen-bond acceptors (Lipinski definition) is 3. The molecule has 0 spiro atoms. The second-order valence-corrected chi connectivity index (χ2v) is 2.61. The fourth-order valence-corrected chi connectivity index (χ4v) is 1.05. The molecule has 0 fully saturated rings. The maximum Gasteiger partial charge on any atom is 0.119 e. The number of benzene rings is 1. The van der Waals surface area contributed by atoms with Gasteiger partial charge in [-0.15, -0.1) is 0 Å². The molecule has 0 unspecified atom stereocenters. The number of nitriles is 1. The van der Waals surface area contributed by atoms with Crippen LogP contribution in [0.4, 0.5) is 0 Å². The number of methoxy groups -OCH3 is 1. The van der Waals surface area contributed by atoms with Crippen molar-refractivity contribution in [3.63, 3.8) is 0 Å². The van der Waals surface area contributed by atoms with E-state index in [1.54, 1.807) is 7.11 Å². The van der Waals surface area contributed by atoms with E-state index in [2.05, 4.69) is 5.32 Å². The van der Waals surface area contributed by atoms with Crippen LogP contribution in [0.2, 0.25) is 0 Å². The molecule has 0 bridgehead atoms. The van der Waals surface area contributed by atoms with Crippen molar-refractivity contribution in [1.29, 1.82) is 5.26 Å². The molecule has 1 N–H and O–H groups in total. The molecule has 1 rings (SSSR count). The van der Waals surface area contributed by atoms with Crippen molar-refractivity contribution in [2.24, 2.45) is 0 Å². The minimum absolute atomic E-state index is 0.372. The number of hydrogen-bond donors (Lipinski definition) is 1. The van der Waals surface area contributed by atoms with E-state index in [0.29, 0.717) is 13.1 Å². The molecule has 1 aromatic carbocycles. The quantitative estimate of drug-likeness (QED) is 0.555.